The van der Waals surface area contributed by atoms with Gasteiger partial charge in [0.15, 0.2) is 6.04 Å². The number of amides is 1. The maximum Gasteiger partial charge on any atom is 0.274 e. The number of rotatable bonds is 2. The zero-order valence-corrected chi connectivity index (χ0v) is 11.2. The number of nitrogens with one attached hydrogen (secondary N) is 2. The highest BCUT2D eigenvalue weighted by Gasteiger charge is 2.24. The number of nitrogens with zero attached hydrogens (tertiary/aromatic N) is 4. The number of carbonyl (C=O) groups excluding carboxylic acids is 1. The first-order chi connectivity index (χ1) is 10.1. The molecular formula is C13H13N7O. The van der Waals surface area contributed by atoms with Crippen molar-refractivity contribution in [2.75, 3.05) is 12.8 Å². The van der Waals surface area contributed by atoms with Gasteiger partial charge in [-0.15, -0.1) is 0 Å². The van der Waals surface area contributed by atoms with Crippen LogP contribution in [0.4, 0.5) is 5.82 Å². The van der Waals surface area contributed by atoms with Gasteiger partial charge in [0.05, 0.1) is 17.3 Å². The summed E-state index contributed by atoms with van der Waals surface area (Å²) in [5, 5.41) is 17.5. The highest BCUT2D eigenvalue weighted by molar-refractivity contribution is 5.95. The first-order valence-corrected chi connectivity index (χ1v) is 6.24. The Kier molecular flexibility index (Phi) is 2.97. The van der Waals surface area contributed by atoms with Gasteiger partial charge in [0.1, 0.15) is 11.5 Å². The van der Waals surface area contributed by atoms with E-state index in [9.17, 15) is 4.79 Å². The van der Waals surface area contributed by atoms with Crippen LogP contribution in [0.1, 0.15) is 10.5 Å². The summed E-state index contributed by atoms with van der Waals surface area (Å²) in [5.74, 6) is -0.0270. The smallest absolute Gasteiger partial charge is 0.274 e. The molecule has 0 saturated heterocycles. The second kappa shape index (κ2) is 4.81. The van der Waals surface area contributed by atoms with E-state index in [-0.39, 0.29) is 5.91 Å². The first kappa shape index (κ1) is 13.0. The molecule has 106 valence electrons. The molecule has 8 nitrogen and oxygen atoms in total. The minimum absolute atomic E-state index is 0.323. The fraction of sp³-hybridized carbons (Fsp3) is 0.154. The van der Waals surface area contributed by atoms with Crippen LogP contribution in [0.15, 0.2) is 36.2 Å². The zero-order valence-electron chi connectivity index (χ0n) is 11.2. The molecule has 0 radical (unpaired) electrons. The van der Waals surface area contributed by atoms with Crippen molar-refractivity contribution in [2.24, 2.45) is 0 Å². The van der Waals surface area contributed by atoms with Crippen molar-refractivity contribution in [3.63, 3.8) is 0 Å². The van der Waals surface area contributed by atoms with Crippen LogP contribution in [-0.4, -0.2) is 33.6 Å². The van der Waals surface area contributed by atoms with E-state index < -0.39 is 6.04 Å². The Balaban J connectivity index is 1.90. The van der Waals surface area contributed by atoms with Crippen LogP contribution in [-0.2, 0) is 0 Å². The van der Waals surface area contributed by atoms with Gasteiger partial charge in [0.2, 0.25) is 0 Å². The SMILES string of the molecule is CN1C=C(NC(=O)c2ccc3ccc(N)nn23)C(C#N)N1. The number of nitrogens with two attached hydrogens (primary N) is 1. The van der Waals surface area contributed by atoms with E-state index in [1.165, 1.54) is 4.52 Å². The van der Waals surface area contributed by atoms with Crippen molar-refractivity contribution >= 4 is 17.2 Å². The summed E-state index contributed by atoms with van der Waals surface area (Å²) in [6.45, 7) is 0. The average molecular weight is 283 g/mol. The van der Waals surface area contributed by atoms with Crippen molar-refractivity contribution < 1.29 is 4.79 Å². The number of hydrogen-bond acceptors (Lipinski definition) is 6. The van der Waals surface area contributed by atoms with Gasteiger partial charge < -0.3 is 16.1 Å². The number of hydrogen-bond donors (Lipinski definition) is 3. The molecule has 3 rings (SSSR count). The van der Waals surface area contributed by atoms with E-state index in [0.717, 1.165) is 5.52 Å². The lowest BCUT2D eigenvalue weighted by Crippen LogP contribution is -2.36. The van der Waals surface area contributed by atoms with Crippen molar-refractivity contribution in [1.29, 1.82) is 5.26 Å². The molecule has 0 spiro atoms. The van der Waals surface area contributed by atoms with E-state index >= 15 is 0 Å². The molecule has 0 saturated carbocycles. The highest BCUT2D eigenvalue weighted by atomic mass is 16.2. The molecule has 1 unspecified atom stereocenters. The standard InChI is InChI=1S/C13H13N7O/c1-19-7-10(9(6-14)17-19)16-13(21)11-4-2-8-3-5-12(15)18-20(8)11/h2-5,7,9,17H,1H3,(H2,15,18)(H,16,21). The summed E-state index contributed by atoms with van der Waals surface area (Å²) in [4.78, 5) is 12.3. The first-order valence-electron chi connectivity index (χ1n) is 6.24. The molecule has 1 amide bonds. The summed E-state index contributed by atoms with van der Waals surface area (Å²) >= 11 is 0. The van der Waals surface area contributed by atoms with Gasteiger partial charge in [-0.25, -0.2) is 9.94 Å². The van der Waals surface area contributed by atoms with Gasteiger partial charge >= 0.3 is 0 Å². The number of carbonyl (C=O) groups is 1. The number of nitrogen functional groups attached to an aromatic ring is 1. The number of aromatic nitrogens is 2. The predicted octanol–water partition coefficient (Wildman–Crippen LogP) is -0.170. The zero-order chi connectivity index (χ0) is 15.0. The topological polar surface area (TPSA) is 111 Å². The fourth-order valence-electron chi connectivity index (χ4n) is 2.17. The molecule has 3 heterocycles. The van der Waals surface area contributed by atoms with Crippen LogP contribution >= 0.6 is 0 Å². The Bertz CT molecular complexity index is 785. The number of anilines is 1. The third-order valence-electron chi connectivity index (χ3n) is 3.12. The number of nitriles is 1. The molecule has 1 atom stereocenters. The largest absolute Gasteiger partial charge is 0.382 e. The molecule has 1 aliphatic heterocycles. The van der Waals surface area contributed by atoms with E-state index in [0.29, 0.717) is 17.2 Å². The van der Waals surface area contributed by atoms with E-state index in [1.807, 2.05) is 0 Å². The molecule has 1 aliphatic rings. The van der Waals surface area contributed by atoms with Crippen LogP contribution in [0, 0.1) is 11.3 Å². The Morgan fingerprint density at radius 3 is 3.00 bits per heavy atom. The van der Waals surface area contributed by atoms with Crippen LogP contribution in [0.5, 0.6) is 0 Å². The monoisotopic (exact) mass is 283 g/mol. The summed E-state index contributed by atoms with van der Waals surface area (Å²) in [6, 6.07) is 8.36. The molecule has 2 aromatic rings. The van der Waals surface area contributed by atoms with E-state index in [2.05, 4.69) is 21.9 Å². The Morgan fingerprint density at radius 2 is 2.24 bits per heavy atom. The van der Waals surface area contributed by atoms with Gasteiger partial charge in [-0.1, -0.05) is 0 Å². The molecule has 21 heavy (non-hydrogen) atoms. The Labute approximate surface area is 120 Å². The minimum atomic E-state index is -0.580. The van der Waals surface area contributed by atoms with Gasteiger partial charge in [0, 0.05) is 13.2 Å². The Morgan fingerprint density at radius 1 is 1.48 bits per heavy atom. The molecule has 0 aromatic carbocycles. The van der Waals surface area contributed by atoms with Crippen molar-refractivity contribution in [3.05, 3.63) is 41.9 Å². The molecule has 4 N–H and O–H groups in total. The molecule has 0 bridgehead atoms. The van der Waals surface area contributed by atoms with Gasteiger partial charge in [0.25, 0.3) is 5.91 Å². The second-order valence-corrected chi connectivity index (χ2v) is 4.65. The number of hydrazine groups is 1. The predicted molar refractivity (Wildman–Crippen MR) is 75.5 cm³/mol. The molecule has 0 fully saturated rings. The minimum Gasteiger partial charge on any atom is -0.382 e. The third kappa shape index (κ3) is 2.26. The Hall–Kier alpha value is -3.05. The van der Waals surface area contributed by atoms with Gasteiger partial charge in [-0.2, -0.15) is 10.4 Å². The third-order valence-corrected chi connectivity index (χ3v) is 3.12. The summed E-state index contributed by atoms with van der Waals surface area (Å²) < 4.78 is 1.47. The fourth-order valence-corrected chi connectivity index (χ4v) is 2.17. The lowest BCUT2D eigenvalue weighted by Gasteiger charge is -2.10. The highest BCUT2D eigenvalue weighted by Crippen LogP contribution is 2.13. The summed E-state index contributed by atoms with van der Waals surface area (Å²) in [5.41, 5.74) is 10.1. The lowest BCUT2D eigenvalue weighted by molar-refractivity contribution is 0.0957. The molecule has 8 heteroatoms. The van der Waals surface area contributed by atoms with Crippen LogP contribution in [0.25, 0.3) is 5.52 Å². The van der Waals surface area contributed by atoms with Crippen molar-refractivity contribution in [2.45, 2.75) is 6.04 Å². The van der Waals surface area contributed by atoms with E-state index in [1.54, 1.807) is 42.5 Å². The lowest BCUT2D eigenvalue weighted by atomic mass is 10.2. The number of fused-ring (bicyclic) bond motifs is 1. The molecule has 2 aromatic heterocycles. The summed E-state index contributed by atoms with van der Waals surface area (Å²) in [7, 11) is 1.75. The summed E-state index contributed by atoms with van der Waals surface area (Å²) in [6.07, 6.45) is 1.66. The second-order valence-electron chi connectivity index (χ2n) is 4.65. The van der Waals surface area contributed by atoms with Crippen molar-refractivity contribution in [1.82, 2.24) is 25.4 Å². The van der Waals surface area contributed by atoms with Gasteiger partial charge in [-0.3, -0.25) is 4.79 Å². The van der Waals surface area contributed by atoms with Crippen LogP contribution in [0.3, 0.4) is 0 Å². The maximum absolute atomic E-state index is 12.3. The van der Waals surface area contributed by atoms with Crippen LogP contribution < -0.4 is 16.5 Å². The van der Waals surface area contributed by atoms with Gasteiger partial charge in [-0.05, 0) is 24.3 Å². The van der Waals surface area contributed by atoms with Crippen molar-refractivity contribution in [3.8, 4) is 6.07 Å². The molecular weight excluding hydrogens is 270 g/mol. The molecule has 0 aliphatic carbocycles. The quantitative estimate of drug-likeness (QED) is 0.705. The van der Waals surface area contributed by atoms with E-state index in [4.69, 9.17) is 11.0 Å². The van der Waals surface area contributed by atoms with Crippen LogP contribution in [0.2, 0.25) is 0 Å². The normalized spacial score (nSPS) is 17.6. The average Bonchev–Trinajstić information content (AvgIpc) is 3.01. The maximum atomic E-state index is 12.3.